The van der Waals surface area contributed by atoms with Crippen LogP contribution in [0.1, 0.15) is 38.0 Å². The van der Waals surface area contributed by atoms with E-state index in [9.17, 15) is 0 Å². The molecule has 0 aliphatic carbocycles. The topological polar surface area (TPSA) is 30.9 Å². The van der Waals surface area contributed by atoms with Gasteiger partial charge in [-0.15, -0.1) is 11.3 Å². The molecule has 22 heavy (non-hydrogen) atoms. The SMILES string of the molecule is CCN(CC)C1CCN(C(=NC)NCC(C)c2cccs2)C1. The first-order valence-corrected chi connectivity index (χ1v) is 9.30. The zero-order valence-electron chi connectivity index (χ0n) is 14.4. The summed E-state index contributed by atoms with van der Waals surface area (Å²) < 4.78 is 0. The number of likely N-dealkylation sites (N-methyl/N-ethyl adjacent to an activating group) is 1. The lowest BCUT2D eigenvalue weighted by atomic mass is 10.1. The molecule has 0 saturated carbocycles. The first-order chi connectivity index (χ1) is 10.7. The van der Waals surface area contributed by atoms with Crippen LogP contribution >= 0.6 is 11.3 Å². The van der Waals surface area contributed by atoms with Crippen molar-refractivity contribution in [1.29, 1.82) is 0 Å². The van der Waals surface area contributed by atoms with E-state index < -0.39 is 0 Å². The lowest BCUT2D eigenvalue weighted by molar-refractivity contribution is 0.223. The molecule has 0 bridgehead atoms. The zero-order chi connectivity index (χ0) is 15.9. The molecule has 124 valence electrons. The molecular weight excluding hydrogens is 292 g/mol. The third kappa shape index (κ3) is 4.23. The molecule has 1 aromatic heterocycles. The molecule has 1 aromatic rings. The summed E-state index contributed by atoms with van der Waals surface area (Å²) in [6.07, 6.45) is 1.24. The van der Waals surface area contributed by atoms with Crippen LogP contribution in [0.25, 0.3) is 0 Å². The Morgan fingerprint density at radius 3 is 2.86 bits per heavy atom. The van der Waals surface area contributed by atoms with E-state index in [1.165, 1.54) is 11.3 Å². The zero-order valence-corrected chi connectivity index (χ0v) is 15.2. The summed E-state index contributed by atoms with van der Waals surface area (Å²) in [6.45, 7) is 12.2. The van der Waals surface area contributed by atoms with Crippen LogP contribution in [0.3, 0.4) is 0 Å². The van der Waals surface area contributed by atoms with E-state index in [-0.39, 0.29) is 0 Å². The Labute approximate surface area is 139 Å². The number of thiophene rings is 1. The van der Waals surface area contributed by atoms with Gasteiger partial charge in [0.1, 0.15) is 0 Å². The van der Waals surface area contributed by atoms with Crippen molar-refractivity contribution in [3.8, 4) is 0 Å². The van der Waals surface area contributed by atoms with Gasteiger partial charge in [-0.2, -0.15) is 0 Å². The van der Waals surface area contributed by atoms with Gasteiger partial charge in [0, 0.05) is 43.5 Å². The van der Waals surface area contributed by atoms with Crippen molar-refractivity contribution in [3.63, 3.8) is 0 Å². The van der Waals surface area contributed by atoms with Crippen molar-refractivity contribution >= 4 is 17.3 Å². The van der Waals surface area contributed by atoms with Gasteiger partial charge in [-0.05, 0) is 31.0 Å². The fourth-order valence-corrected chi connectivity index (χ4v) is 4.01. The fraction of sp³-hybridized carbons (Fsp3) is 0.706. The van der Waals surface area contributed by atoms with Crippen molar-refractivity contribution in [3.05, 3.63) is 22.4 Å². The van der Waals surface area contributed by atoms with Crippen molar-refractivity contribution in [2.75, 3.05) is 39.8 Å². The third-order valence-electron chi connectivity index (χ3n) is 4.60. The predicted octanol–water partition coefficient (Wildman–Crippen LogP) is 2.84. The van der Waals surface area contributed by atoms with Crippen LogP contribution < -0.4 is 5.32 Å². The highest BCUT2D eigenvalue weighted by Gasteiger charge is 2.28. The van der Waals surface area contributed by atoms with Gasteiger partial charge in [-0.25, -0.2) is 0 Å². The standard InChI is InChI=1S/C17H30N4S/c1-5-20(6-2)15-9-10-21(13-15)17(18-4)19-12-14(3)16-8-7-11-22-16/h7-8,11,14-15H,5-6,9-10,12-13H2,1-4H3,(H,18,19). The van der Waals surface area contributed by atoms with Gasteiger partial charge in [0.25, 0.3) is 0 Å². The molecular formula is C17H30N4S. The Balaban J connectivity index is 1.85. The molecule has 1 fully saturated rings. The highest BCUT2D eigenvalue weighted by molar-refractivity contribution is 7.10. The second-order valence-corrected chi connectivity index (χ2v) is 6.93. The first-order valence-electron chi connectivity index (χ1n) is 8.42. The second-order valence-electron chi connectivity index (χ2n) is 5.95. The molecule has 1 aliphatic heterocycles. The maximum Gasteiger partial charge on any atom is 0.193 e. The molecule has 2 unspecified atom stereocenters. The van der Waals surface area contributed by atoms with Gasteiger partial charge in [-0.1, -0.05) is 26.8 Å². The number of guanidine groups is 1. The Kier molecular flexibility index (Phi) is 6.70. The molecule has 1 saturated heterocycles. The number of likely N-dealkylation sites (tertiary alicyclic amines) is 1. The van der Waals surface area contributed by atoms with E-state index in [0.717, 1.165) is 38.7 Å². The van der Waals surface area contributed by atoms with Crippen LogP contribution in [-0.4, -0.2) is 61.6 Å². The van der Waals surface area contributed by atoms with Gasteiger partial charge in [0.05, 0.1) is 0 Å². The first kappa shape index (κ1) is 17.3. The highest BCUT2D eigenvalue weighted by Crippen LogP contribution is 2.20. The summed E-state index contributed by atoms with van der Waals surface area (Å²) in [6, 6.07) is 5.01. The Hall–Kier alpha value is -1.07. The molecule has 0 spiro atoms. The number of hydrogen-bond donors (Lipinski definition) is 1. The smallest absolute Gasteiger partial charge is 0.193 e. The fourth-order valence-electron chi connectivity index (χ4n) is 3.22. The number of rotatable bonds is 6. The number of nitrogens with one attached hydrogen (secondary N) is 1. The molecule has 0 amide bonds. The summed E-state index contributed by atoms with van der Waals surface area (Å²) in [5.74, 6) is 1.58. The molecule has 0 aromatic carbocycles. The maximum absolute atomic E-state index is 4.49. The Morgan fingerprint density at radius 1 is 1.50 bits per heavy atom. The summed E-state index contributed by atoms with van der Waals surface area (Å²) >= 11 is 1.83. The Bertz CT molecular complexity index is 453. The number of hydrogen-bond acceptors (Lipinski definition) is 3. The average molecular weight is 323 g/mol. The van der Waals surface area contributed by atoms with E-state index in [1.807, 2.05) is 18.4 Å². The number of aliphatic imine (C=N–C) groups is 1. The molecule has 1 N–H and O–H groups in total. The lowest BCUT2D eigenvalue weighted by Crippen LogP contribution is -2.44. The minimum atomic E-state index is 0.526. The lowest BCUT2D eigenvalue weighted by Gasteiger charge is -2.27. The van der Waals surface area contributed by atoms with Crippen molar-refractivity contribution in [2.45, 2.75) is 39.2 Å². The molecule has 4 nitrogen and oxygen atoms in total. The van der Waals surface area contributed by atoms with E-state index in [4.69, 9.17) is 0 Å². The minimum Gasteiger partial charge on any atom is -0.356 e. The van der Waals surface area contributed by atoms with Crippen LogP contribution in [0, 0.1) is 0 Å². The van der Waals surface area contributed by atoms with Gasteiger partial charge >= 0.3 is 0 Å². The molecule has 1 aliphatic rings. The molecule has 2 atom stereocenters. The second kappa shape index (κ2) is 8.53. The van der Waals surface area contributed by atoms with Crippen molar-refractivity contribution in [2.24, 2.45) is 4.99 Å². The van der Waals surface area contributed by atoms with Crippen LogP contribution in [0.5, 0.6) is 0 Å². The minimum absolute atomic E-state index is 0.526. The van der Waals surface area contributed by atoms with E-state index in [0.29, 0.717) is 12.0 Å². The van der Waals surface area contributed by atoms with Crippen LogP contribution in [-0.2, 0) is 0 Å². The van der Waals surface area contributed by atoms with Crippen molar-refractivity contribution in [1.82, 2.24) is 15.1 Å². The Morgan fingerprint density at radius 2 is 2.27 bits per heavy atom. The van der Waals surface area contributed by atoms with Crippen LogP contribution in [0.2, 0.25) is 0 Å². The molecule has 2 heterocycles. The predicted molar refractivity (Wildman–Crippen MR) is 97.0 cm³/mol. The van der Waals surface area contributed by atoms with Crippen molar-refractivity contribution < 1.29 is 0 Å². The van der Waals surface area contributed by atoms with Gasteiger partial charge < -0.3 is 10.2 Å². The third-order valence-corrected chi connectivity index (χ3v) is 5.70. The highest BCUT2D eigenvalue weighted by atomic mass is 32.1. The van der Waals surface area contributed by atoms with Crippen LogP contribution in [0.4, 0.5) is 0 Å². The summed E-state index contributed by atoms with van der Waals surface area (Å²) in [5.41, 5.74) is 0. The molecule has 2 rings (SSSR count). The van der Waals surface area contributed by atoms with Gasteiger partial charge in [0.2, 0.25) is 0 Å². The maximum atomic E-state index is 4.49. The largest absolute Gasteiger partial charge is 0.356 e. The molecule has 0 radical (unpaired) electrons. The van der Waals surface area contributed by atoms with E-state index in [1.54, 1.807) is 0 Å². The summed E-state index contributed by atoms with van der Waals surface area (Å²) in [5, 5.41) is 5.71. The molecule has 5 heteroatoms. The van der Waals surface area contributed by atoms with Crippen LogP contribution in [0.15, 0.2) is 22.5 Å². The van der Waals surface area contributed by atoms with Gasteiger partial charge in [0.15, 0.2) is 5.96 Å². The summed E-state index contributed by atoms with van der Waals surface area (Å²) in [4.78, 5) is 10.9. The van der Waals surface area contributed by atoms with E-state index in [2.05, 4.69) is 58.4 Å². The van der Waals surface area contributed by atoms with Gasteiger partial charge in [-0.3, -0.25) is 9.89 Å². The normalized spacial score (nSPS) is 20.7. The number of nitrogens with zero attached hydrogens (tertiary/aromatic N) is 3. The monoisotopic (exact) mass is 322 g/mol. The quantitative estimate of drug-likeness (QED) is 0.645. The average Bonchev–Trinajstić information content (AvgIpc) is 3.21. The summed E-state index contributed by atoms with van der Waals surface area (Å²) in [7, 11) is 1.89. The van der Waals surface area contributed by atoms with E-state index >= 15 is 0 Å².